The van der Waals surface area contributed by atoms with Gasteiger partial charge in [0.2, 0.25) is 0 Å². The van der Waals surface area contributed by atoms with E-state index in [0.717, 1.165) is 12.8 Å². The van der Waals surface area contributed by atoms with Gasteiger partial charge in [0.15, 0.2) is 6.29 Å². The molecule has 6 heteroatoms. The zero-order valence-electron chi connectivity index (χ0n) is 13.6. The average molecular weight is 320 g/mol. The van der Waals surface area contributed by atoms with Gasteiger partial charge in [-0.3, -0.25) is 0 Å². The van der Waals surface area contributed by atoms with Crippen molar-refractivity contribution in [2.75, 3.05) is 13.2 Å². The number of rotatable bonds is 11. The molecular weight excluding hydrogens is 288 g/mol. The summed E-state index contributed by atoms with van der Waals surface area (Å²) in [5, 5.41) is 38.2. The van der Waals surface area contributed by atoms with Crippen molar-refractivity contribution in [1.29, 1.82) is 0 Å². The van der Waals surface area contributed by atoms with Crippen LogP contribution < -0.4 is 0 Å². The highest BCUT2D eigenvalue weighted by atomic mass is 16.7. The largest absolute Gasteiger partial charge is 0.394 e. The molecule has 0 radical (unpaired) electrons. The van der Waals surface area contributed by atoms with Crippen molar-refractivity contribution in [1.82, 2.24) is 0 Å². The highest BCUT2D eigenvalue weighted by Crippen LogP contribution is 2.22. The van der Waals surface area contributed by atoms with Crippen LogP contribution in [0.4, 0.5) is 0 Å². The van der Waals surface area contributed by atoms with Gasteiger partial charge in [-0.25, -0.2) is 0 Å². The summed E-state index contributed by atoms with van der Waals surface area (Å²) >= 11 is 0. The van der Waals surface area contributed by atoms with Crippen molar-refractivity contribution in [3.8, 4) is 0 Å². The van der Waals surface area contributed by atoms with Gasteiger partial charge in [0.25, 0.3) is 0 Å². The molecule has 0 aromatic carbocycles. The Balaban J connectivity index is 2.11. The van der Waals surface area contributed by atoms with E-state index in [1.165, 1.54) is 38.5 Å². The molecular formula is C16H32O6. The van der Waals surface area contributed by atoms with Gasteiger partial charge in [-0.2, -0.15) is 0 Å². The van der Waals surface area contributed by atoms with Crippen molar-refractivity contribution in [3.63, 3.8) is 0 Å². The predicted octanol–water partition coefficient (Wildman–Crippen LogP) is 0.944. The molecule has 0 aliphatic carbocycles. The maximum absolute atomic E-state index is 9.80. The maximum Gasteiger partial charge on any atom is 0.186 e. The molecule has 0 amide bonds. The van der Waals surface area contributed by atoms with Gasteiger partial charge in [0, 0.05) is 6.61 Å². The summed E-state index contributed by atoms with van der Waals surface area (Å²) < 4.78 is 10.7. The maximum atomic E-state index is 9.80. The van der Waals surface area contributed by atoms with E-state index < -0.39 is 37.3 Å². The smallest absolute Gasteiger partial charge is 0.186 e. The minimum absolute atomic E-state index is 0.428. The van der Waals surface area contributed by atoms with E-state index in [2.05, 4.69) is 6.92 Å². The van der Waals surface area contributed by atoms with Crippen LogP contribution in [-0.4, -0.2) is 64.3 Å². The van der Waals surface area contributed by atoms with Crippen LogP contribution in [0.2, 0.25) is 0 Å². The summed E-state index contributed by atoms with van der Waals surface area (Å²) in [5.74, 6) is 0. The first-order chi connectivity index (χ1) is 10.6. The molecule has 132 valence electrons. The van der Waals surface area contributed by atoms with Crippen LogP contribution in [0.15, 0.2) is 0 Å². The molecule has 1 aliphatic rings. The van der Waals surface area contributed by atoms with Crippen molar-refractivity contribution < 1.29 is 29.9 Å². The van der Waals surface area contributed by atoms with Crippen LogP contribution in [-0.2, 0) is 9.47 Å². The molecule has 0 aromatic rings. The van der Waals surface area contributed by atoms with Crippen LogP contribution >= 0.6 is 0 Å². The Bertz CT molecular complexity index is 273. The lowest BCUT2D eigenvalue weighted by atomic mass is 9.99. The number of hydrogen-bond donors (Lipinski definition) is 4. The second-order valence-corrected chi connectivity index (χ2v) is 6.04. The standard InChI is InChI=1S/C16H32O6/c1-2-3-4-5-6-7-8-9-10-21-16-15(20)14(19)13(18)12(11-17)22-16/h12-20H,2-11H2,1H3/t12-,13+,14-,15-,16-/m1/s1. The Kier molecular flexibility index (Phi) is 10.2. The number of unbranched alkanes of at least 4 members (excludes halogenated alkanes) is 7. The van der Waals surface area contributed by atoms with Crippen LogP contribution in [0.5, 0.6) is 0 Å². The van der Waals surface area contributed by atoms with Gasteiger partial charge in [-0.1, -0.05) is 51.9 Å². The Morgan fingerprint density at radius 1 is 0.818 bits per heavy atom. The van der Waals surface area contributed by atoms with Gasteiger partial charge in [0.1, 0.15) is 24.4 Å². The summed E-state index contributed by atoms with van der Waals surface area (Å²) in [7, 11) is 0. The van der Waals surface area contributed by atoms with Gasteiger partial charge in [-0.05, 0) is 6.42 Å². The lowest BCUT2D eigenvalue weighted by molar-refractivity contribution is -0.301. The quantitative estimate of drug-likeness (QED) is 0.423. The normalized spacial score (nSPS) is 32.3. The third-order valence-corrected chi connectivity index (χ3v) is 4.13. The molecule has 22 heavy (non-hydrogen) atoms. The summed E-state index contributed by atoms with van der Waals surface area (Å²) in [5.41, 5.74) is 0. The first kappa shape index (κ1) is 19.8. The van der Waals surface area contributed by atoms with Gasteiger partial charge in [0.05, 0.1) is 6.61 Å². The minimum Gasteiger partial charge on any atom is -0.394 e. The summed E-state index contributed by atoms with van der Waals surface area (Å²) in [6.07, 6.45) is 3.58. The van der Waals surface area contributed by atoms with E-state index in [4.69, 9.17) is 14.6 Å². The lowest BCUT2D eigenvalue weighted by Crippen LogP contribution is -2.59. The van der Waals surface area contributed by atoms with E-state index >= 15 is 0 Å². The first-order valence-electron chi connectivity index (χ1n) is 8.54. The fraction of sp³-hybridized carbons (Fsp3) is 1.00. The van der Waals surface area contributed by atoms with E-state index in [9.17, 15) is 15.3 Å². The fourth-order valence-corrected chi connectivity index (χ4v) is 2.64. The molecule has 1 saturated heterocycles. The van der Waals surface area contributed by atoms with Crippen molar-refractivity contribution >= 4 is 0 Å². The number of ether oxygens (including phenoxy) is 2. The SMILES string of the molecule is CCCCCCCCCCO[C@@H]1O[C@H](CO)[C@H](O)[C@@H](O)[C@H]1O. The molecule has 5 atom stereocenters. The highest BCUT2D eigenvalue weighted by Gasteiger charge is 2.43. The highest BCUT2D eigenvalue weighted by molar-refractivity contribution is 4.88. The van der Waals surface area contributed by atoms with Crippen molar-refractivity contribution in [2.24, 2.45) is 0 Å². The molecule has 0 aromatic heterocycles. The Labute approximate surface area is 133 Å². The number of aliphatic hydroxyl groups is 4. The van der Waals surface area contributed by atoms with E-state index in [1.54, 1.807) is 0 Å². The molecule has 0 spiro atoms. The Morgan fingerprint density at radius 3 is 2.00 bits per heavy atom. The first-order valence-corrected chi connectivity index (χ1v) is 8.54. The third kappa shape index (κ3) is 6.48. The van der Waals surface area contributed by atoms with Gasteiger partial charge in [-0.15, -0.1) is 0 Å². The van der Waals surface area contributed by atoms with E-state index in [-0.39, 0.29) is 0 Å². The molecule has 4 N–H and O–H groups in total. The van der Waals surface area contributed by atoms with Gasteiger partial charge >= 0.3 is 0 Å². The van der Waals surface area contributed by atoms with E-state index in [1.807, 2.05) is 0 Å². The summed E-state index contributed by atoms with van der Waals surface area (Å²) in [4.78, 5) is 0. The fourth-order valence-electron chi connectivity index (χ4n) is 2.64. The Morgan fingerprint density at radius 2 is 1.41 bits per heavy atom. The average Bonchev–Trinajstić information content (AvgIpc) is 2.53. The topological polar surface area (TPSA) is 99.4 Å². The summed E-state index contributed by atoms with van der Waals surface area (Å²) in [6, 6.07) is 0. The van der Waals surface area contributed by atoms with Gasteiger partial charge < -0.3 is 29.9 Å². The molecule has 1 aliphatic heterocycles. The van der Waals surface area contributed by atoms with E-state index in [0.29, 0.717) is 6.61 Å². The monoisotopic (exact) mass is 320 g/mol. The summed E-state index contributed by atoms with van der Waals surface area (Å²) in [6.45, 7) is 2.20. The molecule has 0 unspecified atom stereocenters. The molecule has 1 rings (SSSR count). The van der Waals surface area contributed by atoms with Crippen LogP contribution in [0.3, 0.4) is 0 Å². The van der Waals surface area contributed by atoms with Crippen molar-refractivity contribution in [2.45, 2.75) is 89.0 Å². The zero-order valence-corrected chi connectivity index (χ0v) is 13.6. The van der Waals surface area contributed by atoms with Crippen LogP contribution in [0.1, 0.15) is 58.3 Å². The Hall–Kier alpha value is -0.240. The predicted molar refractivity (Wildman–Crippen MR) is 82.3 cm³/mol. The number of aliphatic hydroxyl groups excluding tert-OH is 4. The third-order valence-electron chi connectivity index (χ3n) is 4.13. The molecule has 1 fully saturated rings. The second kappa shape index (κ2) is 11.3. The lowest BCUT2D eigenvalue weighted by Gasteiger charge is -2.39. The minimum atomic E-state index is -1.37. The molecule has 6 nitrogen and oxygen atoms in total. The van der Waals surface area contributed by atoms with Crippen LogP contribution in [0, 0.1) is 0 Å². The molecule has 0 bridgehead atoms. The molecule has 1 heterocycles. The zero-order chi connectivity index (χ0) is 16.4. The molecule has 0 saturated carbocycles. The van der Waals surface area contributed by atoms with Crippen molar-refractivity contribution in [3.05, 3.63) is 0 Å². The number of hydrogen-bond acceptors (Lipinski definition) is 6. The van der Waals surface area contributed by atoms with Crippen LogP contribution in [0.25, 0.3) is 0 Å². The second-order valence-electron chi connectivity index (χ2n) is 6.04.